The summed E-state index contributed by atoms with van der Waals surface area (Å²) in [5.74, 6) is 0.590. The average molecular weight is 396 g/mol. The molecule has 152 valence electrons. The van der Waals surface area contributed by atoms with Crippen LogP contribution in [-0.2, 0) is 9.53 Å². The topological polar surface area (TPSA) is 85.9 Å². The summed E-state index contributed by atoms with van der Waals surface area (Å²) in [6, 6.07) is 13.4. The summed E-state index contributed by atoms with van der Waals surface area (Å²) in [7, 11) is 2.88. The van der Waals surface area contributed by atoms with Crippen molar-refractivity contribution in [3.05, 3.63) is 65.2 Å². The largest absolute Gasteiger partial charge is 0.493 e. The molecule has 7 heteroatoms. The van der Waals surface area contributed by atoms with Gasteiger partial charge in [-0.3, -0.25) is 0 Å². The number of hydrogen-bond donors (Lipinski definition) is 2. The molecule has 1 heterocycles. The maximum absolute atomic E-state index is 12.7. The van der Waals surface area contributed by atoms with E-state index in [9.17, 15) is 9.59 Å². The van der Waals surface area contributed by atoms with Crippen LogP contribution in [0.25, 0.3) is 5.70 Å². The molecule has 0 saturated carbocycles. The van der Waals surface area contributed by atoms with E-state index in [0.29, 0.717) is 40.5 Å². The van der Waals surface area contributed by atoms with Crippen LogP contribution in [-0.4, -0.2) is 32.8 Å². The van der Waals surface area contributed by atoms with Crippen LogP contribution in [0.4, 0.5) is 4.79 Å². The van der Waals surface area contributed by atoms with Crippen molar-refractivity contribution >= 4 is 17.7 Å². The molecule has 0 bridgehead atoms. The third-order valence-corrected chi connectivity index (χ3v) is 4.52. The lowest BCUT2D eigenvalue weighted by molar-refractivity contribution is -0.136. The molecule has 2 aromatic carbocycles. The molecule has 0 aromatic heterocycles. The molecular formula is C22H24N2O5. The van der Waals surface area contributed by atoms with Crippen LogP contribution in [0.1, 0.15) is 30.5 Å². The number of esters is 1. The Labute approximate surface area is 169 Å². The zero-order valence-electron chi connectivity index (χ0n) is 16.7. The van der Waals surface area contributed by atoms with Gasteiger partial charge >= 0.3 is 12.0 Å². The van der Waals surface area contributed by atoms with Gasteiger partial charge in [-0.15, -0.1) is 0 Å². The van der Waals surface area contributed by atoms with Crippen LogP contribution in [0.15, 0.2) is 54.1 Å². The van der Waals surface area contributed by atoms with Gasteiger partial charge in [0, 0.05) is 0 Å². The van der Waals surface area contributed by atoms with Gasteiger partial charge in [0.1, 0.15) is 0 Å². The van der Waals surface area contributed by atoms with Gasteiger partial charge in [0.15, 0.2) is 11.5 Å². The van der Waals surface area contributed by atoms with Gasteiger partial charge in [-0.25, -0.2) is 9.59 Å². The fourth-order valence-electron chi connectivity index (χ4n) is 3.17. The number of methoxy groups -OCH3 is 2. The van der Waals surface area contributed by atoms with E-state index in [4.69, 9.17) is 14.2 Å². The van der Waals surface area contributed by atoms with Gasteiger partial charge in [0.2, 0.25) is 0 Å². The summed E-state index contributed by atoms with van der Waals surface area (Å²) in [4.78, 5) is 25.1. The number of carbonyl (C=O) groups is 2. The molecule has 1 unspecified atom stereocenters. The average Bonchev–Trinajstić information content (AvgIpc) is 2.76. The summed E-state index contributed by atoms with van der Waals surface area (Å²) in [6.45, 7) is 2.53. The lowest BCUT2D eigenvalue weighted by Gasteiger charge is -2.29. The molecule has 0 spiro atoms. The van der Waals surface area contributed by atoms with E-state index in [1.165, 1.54) is 7.11 Å². The van der Waals surface area contributed by atoms with E-state index in [2.05, 4.69) is 10.6 Å². The van der Waals surface area contributed by atoms with Crippen LogP contribution in [0.5, 0.6) is 11.5 Å². The van der Waals surface area contributed by atoms with E-state index < -0.39 is 18.0 Å². The predicted octanol–water partition coefficient (Wildman–Crippen LogP) is 3.42. The minimum atomic E-state index is -0.707. The number of carbonyl (C=O) groups excluding carboxylic acids is 2. The van der Waals surface area contributed by atoms with Crippen molar-refractivity contribution in [1.29, 1.82) is 0 Å². The van der Waals surface area contributed by atoms with Gasteiger partial charge in [0.05, 0.1) is 38.1 Å². The SMILES string of the molecule is CCCOc1cc(C2NC(=O)NC(c3ccccc3)=C2C(=O)OC)ccc1OC. The van der Waals surface area contributed by atoms with E-state index in [-0.39, 0.29) is 0 Å². The maximum Gasteiger partial charge on any atom is 0.338 e. The summed E-state index contributed by atoms with van der Waals surface area (Å²) in [6.07, 6.45) is 0.836. The Balaban J connectivity index is 2.13. The molecule has 1 aliphatic heterocycles. The summed E-state index contributed by atoms with van der Waals surface area (Å²) in [5, 5.41) is 5.56. The third-order valence-electron chi connectivity index (χ3n) is 4.52. The number of amides is 2. The monoisotopic (exact) mass is 396 g/mol. The molecule has 2 N–H and O–H groups in total. The standard InChI is InChI=1S/C22H24N2O5/c1-4-12-29-17-13-15(10-11-16(17)27-2)20-18(21(25)28-3)19(23-22(26)24-20)14-8-6-5-7-9-14/h5-11,13,20H,4,12H2,1-3H3,(H2,23,24,26). The molecule has 1 atom stereocenters. The molecular weight excluding hydrogens is 372 g/mol. The summed E-state index contributed by atoms with van der Waals surface area (Å²) < 4.78 is 16.2. The number of urea groups is 1. The second-order valence-corrected chi connectivity index (χ2v) is 6.44. The molecule has 0 aliphatic carbocycles. The Morgan fingerprint density at radius 3 is 2.48 bits per heavy atom. The summed E-state index contributed by atoms with van der Waals surface area (Å²) >= 11 is 0. The molecule has 0 fully saturated rings. The fraction of sp³-hybridized carbons (Fsp3) is 0.273. The molecule has 0 saturated heterocycles. The predicted molar refractivity (Wildman–Crippen MR) is 109 cm³/mol. The van der Waals surface area contributed by atoms with E-state index in [0.717, 1.165) is 6.42 Å². The fourth-order valence-corrected chi connectivity index (χ4v) is 3.17. The van der Waals surface area contributed by atoms with Crippen LogP contribution < -0.4 is 20.1 Å². The van der Waals surface area contributed by atoms with Crippen molar-refractivity contribution in [1.82, 2.24) is 10.6 Å². The Hall–Kier alpha value is -3.48. The van der Waals surface area contributed by atoms with E-state index in [1.54, 1.807) is 25.3 Å². The van der Waals surface area contributed by atoms with Gasteiger partial charge in [-0.1, -0.05) is 43.3 Å². The Morgan fingerprint density at radius 1 is 1.07 bits per heavy atom. The van der Waals surface area contributed by atoms with Crippen LogP contribution in [0.3, 0.4) is 0 Å². The van der Waals surface area contributed by atoms with Crippen molar-refractivity contribution in [2.45, 2.75) is 19.4 Å². The maximum atomic E-state index is 12.7. The summed E-state index contributed by atoms with van der Waals surface area (Å²) in [5.41, 5.74) is 2.12. The van der Waals surface area contributed by atoms with Gasteiger partial charge < -0.3 is 24.8 Å². The van der Waals surface area contributed by atoms with Gasteiger partial charge in [-0.05, 0) is 29.7 Å². The van der Waals surface area contributed by atoms with Crippen molar-refractivity contribution in [3.8, 4) is 11.5 Å². The highest BCUT2D eigenvalue weighted by Gasteiger charge is 2.34. The number of hydrogen-bond acceptors (Lipinski definition) is 5. The second kappa shape index (κ2) is 9.14. The highest BCUT2D eigenvalue weighted by atomic mass is 16.5. The zero-order valence-corrected chi connectivity index (χ0v) is 16.7. The highest BCUT2D eigenvalue weighted by molar-refractivity contribution is 6.04. The molecule has 7 nitrogen and oxygen atoms in total. The highest BCUT2D eigenvalue weighted by Crippen LogP contribution is 2.36. The first-order chi connectivity index (χ1) is 14.1. The van der Waals surface area contributed by atoms with Crippen molar-refractivity contribution in [2.24, 2.45) is 0 Å². The first-order valence-corrected chi connectivity index (χ1v) is 9.35. The van der Waals surface area contributed by atoms with Crippen molar-refractivity contribution in [2.75, 3.05) is 20.8 Å². The first kappa shape index (κ1) is 20.3. The van der Waals surface area contributed by atoms with E-state index >= 15 is 0 Å². The quantitative estimate of drug-likeness (QED) is 0.701. The van der Waals surface area contributed by atoms with Crippen molar-refractivity contribution < 1.29 is 23.8 Å². The second-order valence-electron chi connectivity index (χ2n) is 6.44. The Kier molecular flexibility index (Phi) is 6.39. The van der Waals surface area contributed by atoms with E-state index in [1.807, 2.05) is 37.3 Å². The van der Waals surface area contributed by atoms with Gasteiger partial charge in [0.25, 0.3) is 0 Å². The number of nitrogens with one attached hydrogen (secondary N) is 2. The lowest BCUT2D eigenvalue weighted by atomic mass is 9.92. The number of benzene rings is 2. The molecule has 2 amide bonds. The molecule has 3 rings (SSSR count). The minimum absolute atomic E-state index is 0.310. The zero-order chi connectivity index (χ0) is 20.8. The lowest BCUT2D eigenvalue weighted by Crippen LogP contribution is -2.45. The molecule has 29 heavy (non-hydrogen) atoms. The van der Waals surface area contributed by atoms with Crippen LogP contribution in [0.2, 0.25) is 0 Å². The minimum Gasteiger partial charge on any atom is -0.493 e. The molecule has 2 aromatic rings. The van der Waals surface area contributed by atoms with Crippen LogP contribution in [0, 0.1) is 0 Å². The number of rotatable bonds is 7. The Morgan fingerprint density at radius 2 is 1.83 bits per heavy atom. The number of ether oxygens (including phenoxy) is 3. The van der Waals surface area contributed by atoms with Crippen LogP contribution >= 0.6 is 0 Å². The van der Waals surface area contributed by atoms with Gasteiger partial charge in [-0.2, -0.15) is 0 Å². The molecule has 1 aliphatic rings. The normalized spacial score (nSPS) is 16.0. The first-order valence-electron chi connectivity index (χ1n) is 9.35. The molecule has 0 radical (unpaired) electrons. The third kappa shape index (κ3) is 4.34. The Bertz CT molecular complexity index is 924. The van der Waals surface area contributed by atoms with Crippen molar-refractivity contribution in [3.63, 3.8) is 0 Å². The smallest absolute Gasteiger partial charge is 0.338 e.